The fraction of sp³-hybridized carbons (Fsp3) is 0.150. The molecular formula is C20H16Cl2CrN. The molecule has 0 N–H and O–H groups in total. The molecule has 0 fully saturated rings. The summed E-state index contributed by atoms with van der Waals surface area (Å²) in [5, 5.41) is 1.19. The van der Waals surface area contributed by atoms with E-state index in [9.17, 15) is 0 Å². The van der Waals surface area contributed by atoms with Crippen molar-refractivity contribution in [3.63, 3.8) is 0 Å². The maximum Gasteiger partial charge on any atom is -1.00 e. The number of halogens is 2. The number of fused-ring (bicyclic) bond motifs is 2. The Bertz CT molecular complexity index is 902. The third kappa shape index (κ3) is 2.69. The van der Waals surface area contributed by atoms with Gasteiger partial charge in [-0.25, -0.2) is 0 Å². The first-order valence-corrected chi connectivity index (χ1v) is 8.24. The Morgan fingerprint density at radius 1 is 0.917 bits per heavy atom. The molecule has 1 aliphatic rings. The number of aromatic nitrogens is 1. The fourth-order valence-corrected chi connectivity index (χ4v) is 4.33. The van der Waals surface area contributed by atoms with E-state index in [0.717, 1.165) is 11.9 Å². The third-order valence-electron chi connectivity index (χ3n) is 4.51. The first kappa shape index (κ1) is 19.0. The summed E-state index contributed by atoms with van der Waals surface area (Å²) in [4.78, 5) is 4.67. The van der Waals surface area contributed by atoms with Gasteiger partial charge in [-0.1, -0.05) is 0 Å². The number of hydrogen-bond acceptors (Lipinski definition) is 1. The topological polar surface area (TPSA) is 12.9 Å². The Morgan fingerprint density at radius 2 is 1.62 bits per heavy atom. The van der Waals surface area contributed by atoms with Crippen LogP contribution in [0.5, 0.6) is 0 Å². The predicted octanol–water partition coefficient (Wildman–Crippen LogP) is -1.16. The Labute approximate surface area is 163 Å². The van der Waals surface area contributed by atoms with Crippen molar-refractivity contribution in [2.24, 2.45) is 0 Å². The van der Waals surface area contributed by atoms with Crippen LogP contribution in [0, 0.1) is 0 Å². The van der Waals surface area contributed by atoms with Crippen LogP contribution in [0.25, 0.3) is 17.0 Å². The molecule has 4 heteroatoms. The molecule has 1 aliphatic carbocycles. The van der Waals surface area contributed by atoms with E-state index in [2.05, 4.69) is 82.8 Å². The molecule has 0 saturated carbocycles. The molecule has 0 radical (unpaired) electrons. The number of benzene rings is 2. The number of hydrogen-bond donors (Lipinski definition) is 0. The van der Waals surface area contributed by atoms with Gasteiger partial charge >= 0.3 is 139 Å². The molecule has 0 spiro atoms. The molecule has 1 atom stereocenters. The van der Waals surface area contributed by atoms with Crippen LogP contribution in [-0.2, 0) is 20.6 Å². The van der Waals surface area contributed by atoms with Gasteiger partial charge in [0.25, 0.3) is 0 Å². The van der Waals surface area contributed by atoms with Crippen molar-refractivity contribution in [1.82, 2.24) is 4.98 Å². The molecule has 1 heterocycles. The van der Waals surface area contributed by atoms with Crippen LogP contribution >= 0.6 is 0 Å². The second-order valence-corrected chi connectivity index (χ2v) is 6.63. The van der Waals surface area contributed by atoms with E-state index in [4.69, 9.17) is 0 Å². The molecule has 0 bridgehead atoms. The van der Waals surface area contributed by atoms with Crippen LogP contribution in [0.15, 0.2) is 66.4 Å². The first-order valence-electron chi connectivity index (χ1n) is 7.60. The Morgan fingerprint density at radius 3 is 2.42 bits per heavy atom. The predicted molar refractivity (Wildman–Crippen MR) is 87.2 cm³/mol. The summed E-state index contributed by atoms with van der Waals surface area (Å²) in [6.45, 7) is 2.22. The minimum atomic E-state index is -0.209. The van der Waals surface area contributed by atoms with E-state index in [1.807, 2.05) is 12.3 Å². The summed E-state index contributed by atoms with van der Waals surface area (Å²) in [6.07, 6.45) is 5.23. The molecule has 24 heavy (non-hydrogen) atoms. The zero-order valence-electron chi connectivity index (χ0n) is 13.2. The van der Waals surface area contributed by atoms with Gasteiger partial charge in [-0.15, -0.1) is 0 Å². The van der Waals surface area contributed by atoms with Gasteiger partial charge in [0.15, 0.2) is 0 Å². The standard InChI is InChI=1S/C20H16N.2ClH.Cr/c1-2-14-13-16-7-3-4-10-17(16)19(14)18-11-5-8-15-9-6-12-21-20(15)18;;;/h3-13H,2H2,1H3;2*1H;/q;;;+2/p-2. The van der Waals surface area contributed by atoms with Crippen molar-refractivity contribution in [2.45, 2.75) is 17.6 Å². The summed E-state index contributed by atoms with van der Waals surface area (Å²) in [5.74, 6) is 0. The molecule has 2 aromatic carbocycles. The van der Waals surface area contributed by atoms with E-state index < -0.39 is 0 Å². The molecule has 1 aromatic heterocycles. The van der Waals surface area contributed by atoms with Gasteiger partial charge in [0.2, 0.25) is 0 Å². The summed E-state index contributed by atoms with van der Waals surface area (Å²) in [6, 6.07) is 19.2. The van der Waals surface area contributed by atoms with E-state index in [0.29, 0.717) is 0 Å². The molecule has 4 rings (SSSR count). The molecule has 1 unspecified atom stereocenters. The van der Waals surface area contributed by atoms with E-state index in [-0.39, 0.29) is 29.1 Å². The van der Waals surface area contributed by atoms with Crippen molar-refractivity contribution in [2.75, 3.05) is 0 Å². The average Bonchev–Trinajstić information content (AvgIpc) is 2.88. The number of allylic oxidation sites excluding steroid dienone is 1. The molecule has 0 saturated heterocycles. The van der Waals surface area contributed by atoms with E-state index in [1.165, 1.54) is 27.6 Å². The van der Waals surface area contributed by atoms with Crippen LogP contribution < -0.4 is 24.8 Å². The maximum atomic E-state index is 4.67. The second kappa shape index (κ2) is 7.30. The zero-order chi connectivity index (χ0) is 15.2. The van der Waals surface area contributed by atoms with Crippen LogP contribution in [0.3, 0.4) is 0 Å². The smallest absolute Gasteiger partial charge is 1.00 e. The van der Waals surface area contributed by atoms with Crippen LogP contribution in [0.4, 0.5) is 0 Å². The van der Waals surface area contributed by atoms with Gasteiger partial charge in [-0.05, 0) is 0 Å². The van der Waals surface area contributed by atoms with Crippen molar-refractivity contribution < 1.29 is 41.1 Å². The van der Waals surface area contributed by atoms with Gasteiger partial charge in [-0.3, -0.25) is 0 Å². The monoisotopic (exact) mass is 392 g/mol. The van der Waals surface area contributed by atoms with Crippen LogP contribution in [0.2, 0.25) is 0 Å². The summed E-state index contributed by atoms with van der Waals surface area (Å²) >= 11 is 3.51. The zero-order valence-corrected chi connectivity index (χ0v) is 16.0. The number of nitrogens with zero attached hydrogens (tertiary/aromatic N) is 1. The quantitative estimate of drug-likeness (QED) is 0.536. The van der Waals surface area contributed by atoms with Gasteiger partial charge in [0, 0.05) is 0 Å². The van der Waals surface area contributed by atoms with Gasteiger partial charge in [0.1, 0.15) is 0 Å². The molecule has 1 nitrogen and oxygen atoms in total. The van der Waals surface area contributed by atoms with Gasteiger partial charge in [-0.2, -0.15) is 0 Å². The van der Waals surface area contributed by atoms with Crippen molar-refractivity contribution >= 4 is 17.0 Å². The van der Waals surface area contributed by atoms with Gasteiger partial charge in [0.05, 0.1) is 0 Å². The van der Waals surface area contributed by atoms with Crippen molar-refractivity contribution in [3.05, 3.63) is 83.1 Å². The van der Waals surface area contributed by atoms with Crippen LogP contribution in [-0.4, -0.2) is 4.98 Å². The molecule has 0 aliphatic heterocycles. The van der Waals surface area contributed by atoms with E-state index in [1.54, 1.807) is 0 Å². The fourth-order valence-electron chi connectivity index (χ4n) is 3.46. The van der Waals surface area contributed by atoms with Gasteiger partial charge < -0.3 is 24.8 Å². The normalized spacial score (nSPS) is 18.2. The largest absolute Gasteiger partial charge is 1.00 e. The summed E-state index contributed by atoms with van der Waals surface area (Å²) in [5.41, 5.74) is 6.39. The Hall–Kier alpha value is -1.30. The van der Waals surface area contributed by atoms with Crippen molar-refractivity contribution in [1.29, 1.82) is 0 Å². The molecular weight excluding hydrogens is 377 g/mol. The molecule has 3 aromatic rings. The minimum absolute atomic E-state index is 0. The second-order valence-electron chi connectivity index (χ2n) is 5.67. The number of para-hydroxylation sites is 1. The number of rotatable bonds is 2. The van der Waals surface area contributed by atoms with Crippen LogP contribution in [0.1, 0.15) is 30.0 Å². The Kier molecular flexibility index (Phi) is 5.79. The van der Waals surface area contributed by atoms with Crippen molar-refractivity contribution in [3.8, 4) is 0 Å². The van der Waals surface area contributed by atoms with E-state index >= 15 is 0 Å². The number of pyridine rings is 1. The first-order chi connectivity index (χ1) is 10.7. The average molecular weight is 393 g/mol. The minimum Gasteiger partial charge on any atom is -1.00 e. The third-order valence-corrected chi connectivity index (χ3v) is 5.61. The maximum absolute atomic E-state index is 4.67. The molecule has 0 amide bonds. The Balaban J connectivity index is 0.00000104. The summed E-state index contributed by atoms with van der Waals surface area (Å²) in [7, 11) is 0. The summed E-state index contributed by atoms with van der Waals surface area (Å²) < 4.78 is -0.209. The molecule has 121 valence electrons. The SMILES string of the molecule is CCC1=Cc2ccccc2[C]1([Cr+2])c1cccc2cccnc12.[Cl-].[Cl-].